The van der Waals surface area contributed by atoms with E-state index in [1.165, 1.54) is 18.4 Å². The molecule has 1 fully saturated rings. The number of benzene rings is 1. The number of hydrogen-bond donors (Lipinski definition) is 1. The van der Waals surface area contributed by atoms with Gasteiger partial charge in [0, 0.05) is 21.6 Å². The molecule has 1 nitrogen and oxygen atoms in total. The molecule has 1 aliphatic carbocycles. The summed E-state index contributed by atoms with van der Waals surface area (Å²) < 4.78 is 1.03. The summed E-state index contributed by atoms with van der Waals surface area (Å²) in [5.41, 5.74) is 1.18. The van der Waals surface area contributed by atoms with Gasteiger partial charge in [-0.1, -0.05) is 33.6 Å². The molecular formula is C11H13BrClN. The molecule has 3 heteroatoms. The first-order valence-corrected chi connectivity index (χ1v) is 6.05. The summed E-state index contributed by atoms with van der Waals surface area (Å²) in [5.74, 6) is 0. The van der Waals surface area contributed by atoms with E-state index in [1.807, 2.05) is 12.1 Å². The predicted molar refractivity (Wildman–Crippen MR) is 63.7 cm³/mol. The SMILES string of the molecule is CC(NC1CC1)c1ccc(Br)cc1Cl. The highest BCUT2D eigenvalue weighted by atomic mass is 79.9. The molecule has 1 unspecified atom stereocenters. The Labute approximate surface area is 98.0 Å². The van der Waals surface area contributed by atoms with E-state index in [2.05, 4.69) is 34.2 Å². The quantitative estimate of drug-likeness (QED) is 0.881. The van der Waals surface area contributed by atoms with Crippen molar-refractivity contribution in [3.8, 4) is 0 Å². The third-order valence-corrected chi connectivity index (χ3v) is 3.31. The van der Waals surface area contributed by atoms with Gasteiger partial charge in [0.25, 0.3) is 0 Å². The zero-order valence-electron chi connectivity index (χ0n) is 8.06. The van der Waals surface area contributed by atoms with Crippen molar-refractivity contribution >= 4 is 27.5 Å². The van der Waals surface area contributed by atoms with Gasteiger partial charge in [-0.25, -0.2) is 0 Å². The fourth-order valence-electron chi connectivity index (χ4n) is 1.55. The van der Waals surface area contributed by atoms with Gasteiger partial charge < -0.3 is 5.32 Å². The minimum Gasteiger partial charge on any atom is -0.307 e. The highest BCUT2D eigenvalue weighted by Crippen LogP contribution is 2.29. The fraction of sp³-hybridized carbons (Fsp3) is 0.455. The van der Waals surface area contributed by atoms with Gasteiger partial charge in [0.1, 0.15) is 0 Å². The van der Waals surface area contributed by atoms with Crippen molar-refractivity contribution in [1.29, 1.82) is 0 Å². The van der Waals surface area contributed by atoms with Gasteiger partial charge in [-0.2, -0.15) is 0 Å². The van der Waals surface area contributed by atoms with E-state index in [4.69, 9.17) is 11.6 Å². The lowest BCUT2D eigenvalue weighted by molar-refractivity contribution is 0.571. The minimum absolute atomic E-state index is 0.350. The number of hydrogen-bond acceptors (Lipinski definition) is 1. The van der Waals surface area contributed by atoms with Crippen LogP contribution in [-0.4, -0.2) is 6.04 Å². The Morgan fingerprint density at radius 3 is 2.79 bits per heavy atom. The van der Waals surface area contributed by atoms with Crippen LogP contribution in [0.3, 0.4) is 0 Å². The van der Waals surface area contributed by atoms with Gasteiger partial charge in [-0.15, -0.1) is 0 Å². The largest absolute Gasteiger partial charge is 0.307 e. The first-order valence-electron chi connectivity index (χ1n) is 4.88. The molecule has 76 valence electrons. The second-order valence-electron chi connectivity index (χ2n) is 3.83. The molecule has 1 atom stereocenters. The molecule has 2 rings (SSSR count). The zero-order chi connectivity index (χ0) is 10.1. The summed E-state index contributed by atoms with van der Waals surface area (Å²) in [6.45, 7) is 2.16. The van der Waals surface area contributed by atoms with Crippen molar-refractivity contribution in [1.82, 2.24) is 5.32 Å². The van der Waals surface area contributed by atoms with E-state index in [9.17, 15) is 0 Å². The van der Waals surface area contributed by atoms with Crippen molar-refractivity contribution in [3.05, 3.63) is 33.3 Å². The summed E-state index contributed by atoms with van der Waals surface area (Å²) in [4.78, 5) is 0. The lowest BCUT2D eigenvalue weighted by Gasteiger charge is -2.15. The molecule has 1 aromatic rings. The summed E-state index contributed by atoms with van der Waals surface area (Å²) in [5, 5.41) is 4.36. The van der Waals surface area contributed by atoms with Gasteiger partial charge in [-0.05, 0) is 37.5 Å². The topological polar surface area (TPSA) is 12.0 Å². The van der Waals surface area contributed by atoms with E-state index in [0.29, 0.717) is 12.1 Å². The third-order valence-electron chi connectivity index (χ3n) is 2.49. The fourth-order valence-corrected chi connectivity index (χ4v) is 2.38. The Morgan fingerprint density at radius 1 is 1.50 bits per heavy atom. The minimum atomic E-state index is 0.350. The molecule has 0 saturated heterocycles. The monoisotopic (exact) mass is 273 g/mol. The molecule has 1 aliphatic rings. The second kappa shape index (κ2) is 4.21. The molecule has 1 saturated carbocycles. The first-order chi connectivity index (χ1) is 6.66. The highest BCUT2D eigenvalue weighted by molar-refractivity contribution is 9.10. The molecular weight excluding hydrogens is 261 g/mol. The van der Waals surface area contributed by atoms with Crippen LogP contribution in [0.2, 0.25) is 5.02 Å². The van der Waals surface area contributed by atoms with Gasteiger partial charge in [0.15, 0.2) is 0 Å². The van der Waals surface area contributed by atoms with E-state index in [0.717, 1.165) is 9.50 Å². The normalized spacial score (nSPS) is 18.2. The zero-order valence-corrected chi connectivity index (χ0v) is 10.4. The molecule has 0 amide bonds. The molecule has 0 spiro atoms. The Hall–Kier alpha value is -0.0500. The number of halogens is 2. The molecule has 0 aromatic heterocycles. The van der Waals surface area contributed by atoms with Crippen molar-refractivity contribution in [2.45, 2.75) is 31.8 Å². The first kappa shape index (κ1) is 10.5. The Kier molecular flexibility index (Phi) is 3.15. The van der Waals surface area contributed by atoms with Crippen molar-refractivity contribution in [2.75, 3.05) is 0 Å². The maximum atomic E-state index is 6.16. The lowest BCUT2D eigenvalue weighted by atomic mass is 10.1. The molecule has 0 bridgehead atoms. The van der Waals surface area contributed by atoms with E-state index in [-0.39, 0.29) is 0 Å². The number of rotatable bonds is 3. The standard InChI is InChI=1S/C11H13BrClN/c1-7(14-9-3-4-9)10-5-2-8(12)6-11(10)13/h2,5-7,9,14H,3-4H2,1H3. The Morgan fingerprint density at radius 2 is 2.21 bits per heavy atom. The summed E-state index contributed by atoms with van der Waals surface area (Å²) in [6, 6.07) is 7.12. The molecule has 14 heavy (non-hydrogen) atoms. The summed E-state index contributed by atoms with van der Waals surface area (Å²) >= 11 is 9.56. The predicted octanol–water partition coefficient (Wildman–Crippen LogP) is 3.92. The maximum absolute atomic E-state index is 6.16. The van der Waals surface area contributed by atoms with Crippen molar-refractivity contribution in [2.24, 2.45) is 0 Å². The van der Waals surface area contributed by atoms with E-state index < -0.39 is 0 Å². The third kappa shape index (κ3) is 2.50. The van der Waals surface area contributed by atoms with Crippen molar-refractivity contribution < 1.29 is 0 Å². The average Bonchev–Trinajstić information content (AvgIpc) is 2.87. The van der Waals surface area contributed by atoms with Crippen LogP contribution in [0, 0.1) is 0 Å². The van der Waals surface area contributed by atoms with Gasteiger partial charge >= 0.3 is 0 Å². The van der Waals surface area contributed by atoms with Crippen LogP contribution in [0.5, 0.6) is 0 Å². The highest BCUT2D eigenvalue weighted by Gasteiger charge is 2.23. The van der Waals surface area contributed by atoms with Gasteiger partial charge in [0.2, 0.25) is 0 Å². The van der Waals surface area contributed by atoms with Crippen molar-refractivity contribution in [3.63, 3.8) is 0 Å². The maximum Gasteiger partial charge on any atom is 0.0464 e. The Balaban J connectivity index is 2.13. The van der Waals surface area contributed by atoms with Crippen LogP contribution in [0.15, 0.2) is 22.7 Å². The molecule has 0 heterocycles. The van der Waals surface area contributed by atoms with Crippen LogP contribution >= 0.6 is 27.5 Å². The van der Waals surface area contributed by atoms with Crippen LogP contribution in [0.25, 0.3) is 0 Å². The van der Waals surface area contributed by atoms with E-state index in [1.54, 1.807) is 0 Å². The molecule has 1 N–H and O–H groups in total. The van der Waals surface area contributed by atoms with Gasteiger partial charge in [-0.3, -0.25) is 0 Å². The smallest absolute Gasteiger partial charge is 0.0464 e. The van der Waals surface area contributed by atoms with E-state index >= 15 is 0 Å². The lowest BCUT2D eigenvalue weighted by Crippen LogP contribution is -2.20. The van der Waals surface area contributed by atoms with Crippen LogP contribution in [-0.2, 0) is 0 Å². The summed E-state index contributed by atoms with van der Waals surface area (Å²) in [6.07, 6.45) is 2.61. The summed E-state index contributed by atoms with van der Waals surface area (Å²) in [7, 11) is 0. The van der Waals surface area contributed by atoms with Crippen LogP contribution in [0.1, 0.15) is 31.4 Å². The second-order valence-corrected chi connectivity index (χ2v) is 5.15. The van der Waals surface area contributed by atoms with Gasteiger partial charge in [0.05, 0.1) is 0 Å². The number of nitrogens with one attached hydrogen (secondary N) is 1. The Bertz CT molecular complexity index is 336. The average molecular weight is 275 g/mol. The van der Waals surface area contributed by atoms with Crippen LogP contribution in [0.4, 0.5) is 0 Å². The molecule has 0 radical (unpaired) electrons. The molecule has 0 aliphatic heterocycles. The molecule has 1 aromatic carbocycles. The van der Waals surface area contributed by atoms with Crippen LogP contribution < -0.4 is 5.32 Å².